The number of ether oxygens (including phenoxy) is 1. The van der Waals surface area contributed by atoms with Crippen LogP contribution in [0.1, 0.15) is 11.1 Å². The second-order valence-electron chi connectivity index (χ2n) is 6.07. The second-order valence-corrected chi connectivity index (χ2v) is 6.85. The number of anilines is 2. The summed E-state index contributed by atoms with van der Waals surface area (Å²) in [4.78, 5) is 17.1. The Kier molecular flexibility index (Phi) is 7.11. The molecule has 0 bridgehead atoms. The van der Waals surface area contributed by atoms with Crippen molar-refractivity contribution in [3.05, 3.63) is 87.9 Å². The molecule has 3 aromatic carbocycles. The van der Waals surface area contributed by atoms with Crippen LogP contribution in [0.15, 0.2) is 71.9 Å². The van der Waals surface area contributed by atoms with Gasteiger partial charge in [0, 0.05) is 0 Å². The monoisotopic (exact) mass is 428 g/mol. The topological polar surface area (TPSA) is 59.9 Å². The van der Waals surface area contributed by atoms with E-state index in [9.17, 15) is 4.79 Å². The van der Waals surface area contributed by atoms with Crippen LogP contribution in [0.4, 0.5) is 11.4 Å². The lowest BCUT2D eigenvalue weighted by Gasteiger charge is -2.15. The lowest BCUT2D eigenvalue weighted by Crippen LogP contribution is -2.15. The van der Waals surface area contributed by atoms with Crippen molar-refractivity contribution in [3.8, 4) is 5.75 Å². The highest BCUT2D eigenvalue weighted by molar-refractivity contribution is 6.39. The lowest BCUT2D eigenvalue weighted by atomic mass is 10.2. The number of esters is 1. The number of hydrogen-bond donors (Lipinski definition) is 1. The number of oxime groups is 1. The van der Waals surface area contributed by atoms with Crippen LogP contribution < -0.4 is 10.1 Å². The van der Waals surface area contributed by atoms with Crippen LogP contribution in [0.5, 0.6) is 5.75 Å². The number of carbonyl (C=O) groups excluding carboxylic acids is 1. The number of carbonyl (C=O) groups is 1. The molecule has 3 aromatic rings. The number of hydrogen-bond acceptors (Lipinski definition) is 5. The van der Waals surface area contributed by atoms with Gasteiger partial charge in [-0.25, -0.2) is 4.79 Å². The Balaban J connectivity index is 1.64. The summed E-state index contributed by atoms with van der Waals surface area (Å²) in [5.74, 6) is -0.271. The van der Waals surface area contributed by atoms with Gasteiger partial charge in [0.1, 0.15) is 0 Å². The Morgan fingerprint density at radius 3 is 2.55 bits per heavy atom. The summed E-state index contributed by atoms with van der Waals surface area (Å²) in [5.41, 5.74) is 2.82. The zero-order valence-electron chi connectivity index (χ0n) is 15.6. The first-order valence-corrected chi connectivity index (χ1v) is 9.52. The summed E-state index contributed by atoms with van der Waals surface area (Å²) in [6.07, 6.45) is 1.52. The molecular formula is C22H18Cl2N2O3. The van der Waals surface area contributed by atoms with Gasteiger partial charge in [-0.2, -0.15) is 0 Å². The summed E-state index contributed by atoms with van der Waals surface area (Å²) in [5, 5.41) is 7.86. The molecule has 148 valence electrons. The molecule has 0 saturated carbocycles. The predicted molar refractivity (Wildman–Crippen MR) is 117 cm³/mol. The molecule has 0 aliphatic heterocycles. The van der Waals surface area contributed by atoms with E-state index in [-0.39, 0.29) is 6.61 Å². The summed E-state index contributed by atoms with van der Waals surface area (Å²) in [6, 6.07) is 19.9. The Morgan fingerprint density at radius 2 is 1.76 bits per heavy atom. The summed E-state index contributed by atoms with van der Waals surface area (Å²) >= 11 is 12.6. The van der Waals surface area contributed by atoms with Crippen molar-refractivity contribution in [2.75, 3.05) is 11.9 Å². The van der Waals surface area contributed by atoms with Crippen molar-refractivity contribution < 1.29 is 14.4 Å². The standard InChI is InChI=1S/C22H18Cl2N2O3/c1-15-11-12-17(23)22(21(15)24)26-18-9-5-6-10-19(18)29-20(27)14-28-25-13-16-7-3-2-4-8-16/h2-13,26H,14H2,1H3. The second kappa shape index (κ2) is 9.96. The number of nitrogens with zero attached hydrogens (tertiary/aromatic N) is 1. The van der Waals surface area contributed by atoms with E-state index < -0.39 is 5.97 Å². The van der Waals surface area contributed by atoms with Gasteiger partial charge in [-0.05, 0) is 36.2 Å². The average Bonchev–Trinajstić information content (AvgIpc) is 2.73. The van der Waals surface area contributed by atoms with Crippen molar-refractivity contribution in [2.24, 2.45) is 5.16 Å². The minimum absolute atomic E-state index is 0.321. The van der Waals surface area contributed by atoms with Gasteiger partial charge in [0.25, 0.3) is 0 Å². The normalized spacial score (nSPS) is 10.7. The number of halogens is 2. The smallest absolute Gasteiger partial charge is 0.352 e. The zero-order chi connectivity index (χ0) is 20.6. The average molecular weight is 429 g/mol. The number of benzene rings is 3. The maximum Gasteiger partial charge on any atom is 0.352 e. The molecule has 0 unspecified atom stereocenters. The first-order valence-electron chi connectivity index (χ1n) is 8.76. The van der Waals surface area contributed by atoms with Crippen molar-refractivity contribution >= 4 is 46.8 Å². The molecule has 3 rings (SSSR count). The largest absolute Gasteiger partial charge is 0.422 e. The Morgan fingerprint density at radius 1 is 1.03 bits per heavy atom. The number of nitrogens with one attached hydrogen (secondary N) is 1. The minimum atomic E-state index is -0.592. The Labute approximate surface area is 178 Å². The Hall–Kier alpha value is -3.02. The number of para-hydroxylation sites is 2. The molecular weight excluding hydrogens is 411 g/mol. The highest BCUT2D eigenvalue weighted by Crippen LogP contribution is 2.37. The van der Waals surface area contributed by atoms with Crippen LogP contribution >= 0.6 is 23.2 Å². The van der Waals surface area contributed by atoms with Crippen molar-refractivity contribution in [2.45, 2.75) is 6.92 Å². The van der Waals surface area contributed by atoms with Crippen LogP contribution in [0, 0.1) is 6.92 Å². The van der Waals surface area contributed by atoms with E-state index in [1.54, 1.807) is 30.3 Å². The summed E-state index contributed by atoms with van der Waals surface area (Å²) in [6.45, 7) is 1.55. The van der Waals surface area contributed by atoms with E-state index in [0.717, 1.165) is 11.1 Å². The molecule has 0 aliphatic rings. The fourth-order valence-electron chi connectivity index (χ4n) is 2.44. The summed E-state index contributed by atoms with van der Waals surface area (Å²) in [7, 11) is 0. The van der Waals surface area contributed by atoms with Gasteiger partial charge in [-0.3, -0.25) is 0 Å². The number of rotatable bonds is 7. The number of aryl methyl sites for hydroxylation is 1. The van der Waals surface area contributed by atoms with Crippen LogP contribution in [0.25, 0.3) is 0 Å². The van der Waals surface area contributed by atoms with E-state index in [0.29, 0.717) is 27.2 Å². The molecule has 0 radical (unpaired) electrons. The first kappa shape index (κ1) is 20.7. The van der Waals surface area contributed by atoms with Crippen molar-refractivity contribution in [3.63, 3.8) is 0 Å². The molecule has 7 heteroatoms. The fourth-order valence-corrected chi connectivity index (χ4v) is 2.91. The van der Waals surface area contributed by atoms with E-state index in [1.807, 2.05) is 43.3 Å². The van der Waals surface area contributed by atoms with Gasteiger partial charge in [0.15, 0.2) is 5.75 Å². The molecule has 0 aromatic heterocycles. The molecule has 5 nitrogen and oxygen atoms in total. The van der Waals surface area contributed by atoms with Crippen LogP contribution in [0.2, 0.25) is 10.0 Å². The van der Waals surface area contributed by atoms with E-state index in [2.05, 4.69) is 10.5 Å². The van der Waals surface area contributed by atoms with Crippen LogP contribution in [-0.4, -0.2) is 18.8 Å². The molecule has 0 aliphatic carbocycles. The third kappa shape index (κ3) is 5.73. The predicted octanol–water partition coefficient (Wildman–Crippen LogP) is 6.00. The van der Waals surface area contributed by atoms with Gasteiger partial charge >= 0.3 is 5.97 Å². The van der Waals surface area contributed by atoms with Gasteiger partial charge in [0.2, 0.25) is 6.61 Å². The van der Waals surface area contributed by atoms with Gasteiger partial charge < -0.3 is 14.9 Å². The molecule has 29 heavy (non-hydrogen) atoms. The Bertz CT molecular complexity index is 1020. The van der Waals surface area contributed by atoms with Crippen LogP contribution in [0.3, 0.4) is 0 Å². The molecule has 0 spiro atoms. The fraction of sp³-hybridized carbons (Fsp3) is 0.0909. The van der Waals surface area contributed by atoms with Crippen molar-refractivity contribution in [1.82, 2.24) is 0 Å². The van der Waals surface area contributed by atoms with Gasteiger partial charge in [-0.1, -0.05) is 76.9 Å². The highest BCUT2D eigenvalue weighted by atomic mass is 35.5. The molecule has 0 amide bonds. The molecule has 1 N–H and O–H groups in total. The lowest BCUT2D eigenvalue weighted by molar-refractivity contribution is -0.139. The highest BCUT2D eigenvalue weighted by Gasteiger charge is 2.13. The molecule has 0 atom stereocenters. The third-order valence-corrected chi connectivity index (χ3v) is 4.72. The molecule has 0 saturated heterocycles. The maximum atomic E-state index is 12.1. The van der Waals surface area contributed by atoms with Gasteiger partial charge in [0.05, 0.1) is 27.6 Å². The van der Waals surface area contributed by atoms with Crippen LogP contribution in [-0.2, 0) is 9.63 Å². The first-order chi connectivity index (χ1) is 14.0. The van der Waals surface area contributed by atoms with E-state index >= 15 is 0 Å². The maximum absolute atomic E-state index is 12.1. The SMILES string of the molecule is Cc1ccc(Cl)c(Nc2ccccc2OC(=O)CON=Cc2ccccc2)c1Cl. The van der Waals surface area contributed by atoms with E-state index in [1.165, 1.54) is 6.21 Å². The quantitative estimate of drug-likeness (QED) is 0.217. The van der Waals surface area contributed by atoms with E-state index in [4.69, 9.17) is 32.8 Å². The molecule has 0 heterocycles. The minimum Gasteiger partial charge on any atom is -0.422 e. The molecule has 0 fully saturated rings. The summed E-state index contributed by atoms with van der Waals surface area (Å²) < 4.78 is 5.39. The van der Waals surface area contributed by atoms with Gasteiger partial charge in [-0.15, -0.1) is 0 Å². The third-order valence-electron chi connectivity index (χ3n) is 3.91. The zero-order valence-corrected chi connectivity index (χ0v) is 17.1. The van der Waals surface area contributed by atoms with Crippen molar-refractivity contribution in [1.29, 1.82) is 0 Å².